The Hall–Kier alpha value is -1.25. The van der Waals surface area contributed by atoms with Gasteiger partial charge in [-0.15, -0.1) is 0 Å². The van der Waals surface area contributed by atoms with Gasteiger partial charge in [-0.05, 0) is 30.2 Å². The van der Waals surface area contributed by atoms with E-state index in [0.29, 0.717) is 10.8 Å². The van der Waals surface area contributed by atoms with Gasteiger partial charge in [-0.2, -0.15) is 0 Å². The van der Waals surface area contributed by atoms with Gasteiger partial charge >= 0.3 is 0 Å². The van der Waals surface area contributed by atoms with E-state index in [2.05, 4.69) is 0 Å². The van der Waals surface area contributed by atoms with E-state index in [0.717, 1.165) is 5.92 Å². The van der Waals surface area contributed by atoms with E-state index in [1.165, 1.54) is 24.3 Å². The summed E-state index contributed by atoms with van der Waals surface area (Å²) in [6, 6.07) is 6.01. The molecule has 0 bridgehead atoms. The van der Waals surface area contributed by atoms with Gasteiger partial charge < -0.3 is 5.11 Å². The topological polar surface area (TPSA) is 23.5 Å². The van der Waals surface area contributed by atoms with Crippen LogP contribution in [0.4, 0.5) is 10.2 Å². The van der Waals surface area contributed by atoms with Crippen molar-refractivity contribution in [3.05, 3.63) is 30.2 Å². The molecule has 1 N–H and O–H groups in total. The number of aromatic hydroxyl groups is 1. The Labute approximate surface area is 77.5 Å². The number of benzene rings is 1. The van der Waals surface area contributed by atoms with Crippen LogP contribution in [0.1, 0.15) is 13.8 Å². The number of hydrogen-bond donors (Lipinski definition) is 1. The summed E-state index contributed by atoms with van der Waals surface area (Å²) in [6.07, 6.45) is 0. The molecule has 0 aromatic heterocycles. The second-order valence-corrected chi connectivity index (χ2v) is 3.24. The molecule has 0 aliphatic carbocycles. The minimum atomic E-state index is 0.148. The molecule has 1 radical (unpaired) electrons. The molecule has 0 saturated heterocycles. The number of anilines is 1. The third kappa shape index (κ3) is 2.93. The molecule has 0 aliphatic rings. The Morgan fingerprint density at radius 1 is 1.31 bits per heavy atom. The van der Waals surface area contributed by atoms with Crippen LogP contribution in [0.25, 0.3) is 0 Å². The maximum atomic E-state index is 13.2. The first-order valence-corrected chi connectivity index (χ1v) is 4.11. The molecular weight excluding hydrogens is 169 g/mol. The number of rotatable bonds is 3. The van der Waals surface area contributed by atoms with Crippen LogP contribution in [0.3, 0.4) is 0 Å². The standard InChI is InChI=1S/C10H13FNO/c1-8(2)7-12(11)9-3-5-10(13)6-4-9/h3-6,13H,7H2,1-2H3. The Balaban J connectivity index is 2.66. The third-order valence-corrected chi connectivity index (χ3v) is 1.58. The largest absolute Gasteiger partial charge is 0.508 e. The molecule has 2 nitrogen and oxygen atoms in total. The van der Waals surface area contributed by atoms with Crippen molar-refractivity contribution in [2.24, 2.45) is 0 Å². The van der Waals surface area contributed by atoms with Gasteiger partial charge in [0.05, 0.1) is 12.2 Å². The predicted molar refractivity (Wildman–Crippen MR) is 51.2 cm³/mol. The van der Waals surface area contributed by atoms with Crippen molar-refractivity contribution in [1.29, 1.82) is 0 Å². The fourth-order valence-electron chi connectivity index (χ4n) is 0.983. The number of halogens is 1. The van der Waals surface area contributed by atoms with Crippen molar-refractivity contribution in [1.82, 2.24) is 0 Å². The van der Waals surface area contributed by atoms with Crippen molar-refractivity contribution in [2.45, 2.75) is 13.8 Å². The van der Waals surface area contributed by atoms with Crippen LogP contribution in [0.15, 0.2) is 24.3 Å². The molecule has 0 fully saturated rings. The molecule has 0 spiro atoms. The first kappa shape index (κ1) is 9.84. The summed E-state index contributed by atoms with van der Waals surface area (Å²) in [4.78, 5) is 0. The van der Waals surface area contributed by atoms with E-state index in [1.807, 2.05) is 13.8 Å². The minimum Gasteiger partial charge on any atom is -0.508 e. The third-order valence-electron chi connectivity index (χ3n) is 1.58. The molecule has 13 heavy (non-hydrogen) atoms. The van der Waals surface area contributed by atoms with Crippen LogP contribution in [-0.2, 0) is 0 Å². The van der Waals surface area contributed by atoms with Gasteiger partial charge in [0.2, 0.25) is 0 Å². The zero-order valence-electron chi connectivity index (χ0n) is 7.79. The van der Waals surface area contributed by atoms with Crippen molar-refractivity contribution >= 4 is 5.69 Å². The van der Waals surface area contributed by atoms with E-state index < -0.39 is 0 Å². The molecule has 1 aromatic carbocycles. The zero-order chi connectivity index (χ0) is 9.84. The van der Waals surface area contributed by atoms with Gasteiger partial charge in [0, 0.05) is 0 Å². The van der Waals surface area contributed by atoms with Gasteiger partial charge in [0.25, 0.3) is 0 Å². The molecule has 71 valence electrons. The SMILES string of the molecule is C[C](C)CN(F)c1ccc(O)cc1. The van der Waals surface area contributed by atoms with Crippen molar-refractivity contribution in [3.8, 4) is 5.75 Å². The highest BCUT2D eigenvalue weighted by molar-refractivity contribution is 5.46. The molecular formula is C10H13FNO. The maximum Gasteiger partial charge on any atom is 0.115 e. The first-order valence-electron chi connectivity index (χ1n) is 4.11. The van der Waals surface area contributed by atoms with Gasteiger partial charge in [-0.25, -0.2) is 5.12 Å². The summed E-state index contributed by atoms with van der Waals surface area (Å²) >= 11 is 0. The molecule has 0 unspecified atom stereocenters. The lowest BCUT2D eigenvalue weighted by Crippen LogP contribution is -2.16. The molecule has 0 aliphatic heterocycles. The Kier molecular flexibility index (Phi) is 3.12. The van der Waals surface area contributed by atoms with Gasteiger partial charge in [-0.1, -0.05) is 18.3 Å². The molecule has 1 rings (SSSR count). The molecule has 0 heterocycles. The normalized spacial score (nSPS) is 10.5. The van der Waals surface area contributed by atoms with Crippen molar-refractivity contribution in [2.75, 3.05) is 11.7 Å². The summed E-state index contributed by atoms with van der Waals surface area (Å²) in [5.74, 6) is 1.14. The average Bonchev–Trinajstić information content (AvgIpc) is 2.04. The van der Waals surface area contributed by atoms with Crippen LogP contribution < -0.4 is 5.12 Å². The molecule has 0 atom stereocenters. The number of hydrogen-bond acceptors (Lipinski definition) is 2. The fourth-order valence-corrected chi connectivity index (χ4v) is 0.983. The lowest BCUT2D eigenvalue weighted by molar-refractivity contribution is 0.439. The van der Waals surface area contributed by atoms with Crippen LogP contribution in [-0.4, -0.2) is 11.7 Å². The van der Waals surface area contributed by atoms with Gasteiger partial charge in [0.15, 0.2) is 0 Å². The number of nitrogens with zero attached hydrogens (tertiary/aromatic N) is 1. The summed E-state index contributed by atoms with van der Waals surface area (Å²) in [7, 11) is 0. The Morgan fingerprint density at radius 3 is 2.31 bits per heavy atom. The van der Waals surface area contributed by atoms with Gasteiger partial charge in [0.1, 0.15) is 5.75 Å². The predicted octanol–water partition coefficient (Wildman–Crippen LogP) is 2.70. The van der Waals surface area contributed by atoms with E-state index in [-0.39, 0.29) is 12.3 Å². The quantitative estimate of drug-likeness (QED) is 0.726. The van der Waals surface area contributed by atoms with Crippen molar-refractivity contribution < 1.29 is 9.59 Å². The molecule has 3 heteroatoms. The monoisotopic (exact) mass is 182 g/mol. The summed E-state index contributed by atoms with van der Waals surface area (Å²) in [6.45, 7) is 4.02. The van der Waals surface area contributed by atoms with E-state index in [9.17, 15) is 4.48 Å². The second kappa shape index (κ2) is 4.12. The lowest BCUT2D eigenvalue weighted by atomic mass is 10.2. The smallest absolute Gasteiger partial charge is 0.115 e. The molecule has 1 aromatic rings. The minimum absolute atomic E-state index is 0.148. The second-order valence-electron chi connectivity index (χ2n) is 3.24. The Morgan fingerprint density at radius 2 is 1.85 bits per heavy atom. The average molecular weight is 182 g/mol. The number of phenolic OH excluding ortho intramolecular Hbond substituents is 1. The van der Waals surface area contributed by atoms with E-state index in [1.54, 1.807) is 0 Å². The van der Waals surface area contributed by atoms with Gasteiger partial charge in [-0.3, -0.25) is 0 Å². The van der Waals surface area contributed by atoms with E-state index in [4.69, 9.17) is 5.11 Å². The zero-order valence-corrected chi connectivity index (χ0v) is 7.79. The Bertz CT molecular complexity index is 258. The first-order chi connectivity index (χ1) is 6.09. The van der Waals surface area contributed by atoms with Crippen molar-refractivity contribution in [3.63, 3.8) is 0 Å². The molecule has 0 saturated carbocycles. The van der Waals surface area contributed by atoms with Crippen LogP contribution in [0.5, 0.6) is 5.75 Å². The highest BCUT2D eigenvalue weighted by atomic mass is 19.2. The maximum absolute atomic E-state index is 13.2. The summed E-state index contributed by atoms with van der Waals surface area (Å²) in [5, 5.41) is 9.62. The highest BCUT2D eigenvalue weighted by Gasteiger charge is 2.06. The highest BCUT2D eigenvalue weighted by Crippen LogP contribution is 2.19. The summed E-state index contributed by atoms with van der Waals surface area (Å²) < 4.78 is 13.2. The summed E-state index contributed by atoms with van der Waals surface area (Å²) in [5.41, 5.74) is 0.457. The lowest BCUT2D eigenvalue weighted by Gasteiger charge is -2.15. The fraction of sp³-hybridized carbons (Fsp3) is 0.300. The van der Waals surface area contributed by atoms with Crippen LogP contribution in [0.2, 0.25) is 0 Å². The number of phenols is 1. The van der Waals surface area contributed by atoms with Crippen LogP contribution >= 0.6 is 0 Å². The van der Waals surface area contributed by atoms with E-state index >= 15 is 0 Å². The van der Waals surface area contributed by atoms with Crippen LogP contribution in [0, 0.1) is 5.92 Å². The molecule has 0 amide bonds.